The van der Waals surface area contributed by atoms with Gasteiger partial charge >= 0.3 is 0 Å². The smallest absolute Gasteiger partial charge is 0.240 e. The lowest BCUT2D eigenvalue weighted by atomic mass is 10.1. The van der Waals surface area contributed by atoms with Gasteiger partial charge in [-0.1, -0.05) is 22.9 Å². The third-order valence-corrected chi connectivity index (χ3v) is 6.22. The summed E-state index contributed by atoms with van der Waals surface area (Å²) in [4.78, 5) is 0.235. The molecule has 0 radical (unpaired) electrons. The third kappa shape index (κ3) is 3.61. The zero-order chi connectivity index (χ0) is 14.9. The fourth-order valence-electron chi connectivity index (χ4n) is 2.23. The van der Waals surface area contributed by atoms with Gasteiger partial charge in [-0.05, 0) is 54.9 Å². The van der Waals surface area contributed by atoms with E-state index in [4.69, 9.17) is 0 Å². The normalized spacial score (nSPS) is 17.2. The zero-order valence-electron chi connectivity index (χ0n) is 11.7. The van der Waals surface area contributed by atoms with Crippen molar-refractivity contribution in [1.82, 2.24) is 4.72 Å². The highest BCUT2D eigenvalue weighted by atomic mass is 79.9. The maximum atomic E-state index is 12.4. The number of benzene rings is 1. The van der Waals surface area contributed by atoms with E-state index in [0.29, 0.717) is 34.0 Å². The topological polar surface area (TPSA) is 66.4 Å². The SMILES string of the molecule is Cc1c(Br)cc(CO)cc1S(=O)(=O)NCC(C)C1CC1. The van der Waals surface area contributed by atoms with E-state index in [-0.39, 0.29) is 11.5 Å². The average molecular weight is 362 g/mol. The molecular weight excluding hydrogens is 342 g/mol. The summed E-state index contributed by atoms with van der Waals surface area (Å²) in [5, 5.41) is 9.21. The second-order valence-corrected chi connectivity index (χ2v) is 8.12. The highest BCUT2D eigenvalue weighted by Crippen LogP contribution is 2.36. The number of halogens is 1. The summed E-state index contributed by atoms with van der Waals surface area (Å²) >= 11 is 3.34. The molecule has 1 unspecified atom stereocenters. The highest BCUT2D eigenvalue weighted by Gasteiger charge is 2.29. The molecule has 1 fully saturated rings. The van der Waals surface area contributed by atoms with Crippen LogP contribution in [0.5, 0.6) is 0 Å². The van der Waals surface area contributed by atoms with Crippen molar-refractivity contribution in [3.63, 3.8) is 0 Å². The minimum absolute atomic E-state index is 0.181. The second kappa shape index (κ2) is 6.13. The summed E-state index contributed by atoms with van der Waals surface area (Å²) in [5.41, 5.74) is 1.24. The molecule has 0 spiro atoms. The number of rotatable bonds is 6. The van der Waals surface area contributed by atoms with Gasteiger partial charge in [-0.3, -0.25) is 0 Å². The number of sulfonamides is 1. The molecule has 6 heteroatoms. The van der Waals surface area contributed by atoms with E-state index in [1.54, 1.807) is 13.0 Å². The minimum Gasteiger partial charge on any atom is -0.392 e. The Labute approximate surface area is 128 Å². The molecule has 1 aromatic carbocycles. The Morgan fingerprint density at radius 2 is 2.10 bits per heavy atom. The van der Waals surface area contributed by atoms with Crippen LogP contribution in [0.3, 0.4) is 0 Å². The van der Waals surface area contributed by atoms with Crippen molar-refractivity contribution >= 4 is 26.0 Å². The fraction of sp³-hybridized carbons (Fsp3) is 0.571. The Balaban J connectivity index is 2.21. The van der Waals surface area contributed by atoms with Crippen molar-refractivity contribution in [2.75, 3.05) is 6.54 Å². The Kier molecular flexibility index (Phi) is 4.89. The standard InChI is InChI=1S/C14H20BrNO3S/c1-9(12-3-4-12)7-16-20(18,19)14-6-11(8-17)5-13(15)10(14)2/h5-6,9,12,16-17H,3-4,7-8H2,1-2H3. The predicted octanol–water partition coefficient (Wildman–Crippen LogP) is 2.57. The predicted molar refractivity (Wildman–Crippen MR) is 81.9 cm³/mol. The van der Waals surface area contributed by atoms with Gasteiger partial charge in [0.25, 0.3) is 0 Å². The van der Waals surface area contributed by atoms with Crippen molar-refractivity contribution in [3.05, 3.63) is 27.7 Å². The lowest BCUT2D eigenvalue weighted by Gasteiger charge is -2.15. The van der Waals surface area contributed by atoms with E-state index in [0.717, 1.165) is 0 Å². The Morgan fingerprint density at radius 1 is 1.45 bits per heavy atom. The lowest BCUT2D eigenvalue weighted by Crippen LogP contribution is -2.29. The highest BCUT2D eigenvalue weighted by molar-refractivity contribution is 9.10. The Bertz CT molecular complexity index is 597. The van der Waals surface area contributed by atoms with E-state index in [1.807, 2.05) is 0 Å². The second-order valence-electron chi connectivity index (χ2n) is 5.53. The lowest BCUT2D eigenvalue weighted by molar-refractivity contribution is 0.281. The number of nitrogens with one attached hydrogen (secondary N) is 1. The van der Waals surface area contributed by atoms with Crippen molar-refractivity contribution in [2.24, 2.45) is 11.8 Å². The fourth-order valence-corrected chi connectivity index (χ4v) is 4.32. The summed E-state index contributed by atoms with van der Waals surface area (Å²) in [5.74, 6) is 1.03. The van der Waals surface area contributed by atoms with Gasteiger partial charge in [0.1, 0.15) is 0 Å². The van der Waals surface area contributed by atoms with Crippen LogP contribution in [-0.4, -0.2) is 20.1 Å². The van der Waals surface area contributed by atoms with Crippen LogP contribution >= 0.6 is 15.9 Å². The first-order chi connectivity index (χ1) is 9.35. The quantitative estimate of drug-likeness (QED) is 0.818. The first kappa shape index (κ1) is 15.9. The van der Waals surface area contributed by atoms with Gasteiger partial charge in [0.2, 0.25) is 10.0 Å². The molecule has 112 valence electrons. The van der Waals surface area contributed by atoms with Crippen LogP contribution in [-0.2, 0) is 16.6 Å². The number of aliphatic hydroxyl groups excluding tert-OH is 1. The molecule has 4 nitrogen and oxygen atoms in total. The van der Waals surface area contributed by atoms with Crippen molar-refractivity contribution in [3.8, 4) is 0 Å². The number of hydrogen-bond donors (Lipinski definition) is 2. The Hall–Kier alpha value is -0.430. The van der Waals surface area contributed by atoms with Crippen LogP contribution < -0.4 is 4.72 Å². The molecule has 20 heavy (non-hydrogen) atoms. The summed E-state index contributed by atoms with van der Waals surface area (Å²) in [6.45, 7) is 4.12. The molecule has 0 aromatic heterocycles. The van der Waals surface area contributed by atoms with E-state index in [9.17, 15) is 13.5 Å². The summed E-state index contributed by atoms with van der Waals surface area (Å²) in [6, 6.07) is 3.27. The molecule has 0 saturated heterocycles. The van der Waals surface area contributed by atoms with Crippen LogP contribution in [0.15, 0.2) is 21.5 Å². The van der Waals surface area contributed by atoms with Gasteiger partial charge in [0, 0.05) is 11.0 Å². The molecule has 1 atom stereocenters. The maximum Gasteiger partial charge on any atom is 0.240 e. The van der Waals surface area contributed by atoms with Gasteiger partial charge in [-0.2, -0.15) is 0 Å². The molecular formula is C14H20BrNO3S. The van der Waals surface area contributed by atoms with E-state index in [1.165, 1.54) is 18.9 Å². The maximum absolute atomic E-state index is 12.4. The van der Waals surface area contributed by atoms with E-state index < -0.39 is 10.0 Å². The van der Waals surface area contributed by atoms with Crippen LogP contribution in [0.25, 0.3) is 0 Å². The van der Waals surface area contributed by atoms with Crippen molar-refractivity contribution in [1.29, 1.82) is 0 Å². The van der Waals surface area contributed by atoms with Gasteiger partial charge in [0.15, 0.2) is 0 Å². The van der Waals surface area contributed by atoms with Crippen LogP contribution in [0.4, 0.5) is 0 Å². The van der Waals surface area contributed by atoms with E-state index >= 15 is 0 Å². The van der Waals surface area contributed by atoms with E-state index in [2.05, 4.69) is 27.6 Å². The van der Waals surface area contributed by atoms with Gasteiger partial charge < -0.3 is 5.11 Å². The molecule has 1 aliphatic rings. The van der Waals surface area contributed by atoms with Crippen LogP contribution in [0.2, 0.25) is 0 Å². The van der Waals surface area contributed by atoms with Crippen molar-refractivity contribution in [2.45, 2.75) is 38.2 Å². The molecule has 0 bridgehead atoms. The van der Waals surface area contributed by atoms with Crippen LogP contribution in [0.1, 0.15) is 30.9 Å². The molecule has 1 aromatic rings. The van der Waals surface area contributed by atoms with Gasteiger partial charge in [0.05, 0.1) is 11.5 Å². The summed E-state index contributed by atoms with van der Waals surface area (Å²) in [6.07, 6.45) is 2.40. The molecule has 0 aliphatic heterocycles. The van der Waals surface area contributed by atoms with Crippen LogP contribution in [0, 0.1) is 18.8 Å². The third-order valence-electron chi connectivity index (χ3n) is 3.85. The Morgan fingerprint density at radius 3 is 2.65 bits per heavy atom. The summed E-state index contributed by atoms with van der Waals surface area (Å²) in [7, 11) is -3.54. The molecule has 0 amide bonds. The first-order valence-electron chi connectivity index (χ1n) is 6.74. The first-order valence-corrected chi connectivity index (χ1v) is 9.02. The molecule has 2 N–H and O–H groups in total. The minimum atomic E-state index is -3.54. The molecule has 0 heterocycles. The molecule has 1 aliphatic carbocycles. The summed E-state index contributed by atoms with van der Waals surface area (Å²) < 4.78 is 28.2. The average Bonchev–Trinajstić information content (AvgIpc) is 3.23. The monoisotopic (exact) mass is 361 g/mol. The van der Waals surface area contributed by atoms with Gasteiger partial charge in [-0.25, -0.2) is 13.1 Å². The number of hydrogen-bond acceptors (Lipinski definition) is 3. The molecule has 1 saturated carbocycles. The zero-order valence-corrected chi connectivity index (χ0v) is 14.1. The van der Waals surface area contributed by atoms with Gasteiger partial charge in [-0.15, -0.1) is 0 Å². The van der Waals surface area contributed by atoms with Crippen molar-refractivity contribution < 1.29 is 13.5 Å². The largest absolute Gasteiger partial charge is 0.392 e. The number of aliphatic hydroxyl groups is 1. The molecule has 2 rings (SSSR count).